The number of carbonyl (C=O) groups is 1. The Morgan fingerprint density at radius 1 is 1.69 bits per heavy atom. The van der Waals surface area contributed by atoms with E-state index in [2.05, 4.69) is 13.2 Å². The zero-order valence-electron chi connectivity index (χ0n) is 8.48. The molecule has 1 aliphatic rings. The first-order valence-electron chi connectivity index (χ1n) is 4.42. The SMILES string of the molecule is C=C(C)C1(C)CCN(PPC)C1=O. The van der Waals surface area contributed by atoms with Gasteiger partial charge in [-0.05, 0) is 26.9 Å². The first-order chi connectivity index (χ1) is 6.02. The number of amides is 1. The number of hydrogen-bond acceptors (Lipinski definition) is 1. The molecule has 2 nitrogen and oxygen atoms in total. The van der Waals surface area contributed by atoms with Crippen molar-refractivity contribution in [1.29, 1.82) is 0 Å². The van der Waals surface area contributed by atoms with Gasteiger partial charge in [0.2, 0.25) is 5.91 Å². The number of rotatable bonds is 3. The Labute approximate surface area is 83.7 Å². The highest BCUT2D eigenvalue weighted by molar-refractivity contribution is 8.10. The average Bonchev–Trinajstić information content (AvgIpc) is 2.35. The van der Waals surface area contributed by atoms with Crippen LogP contribution in [0.5, 0.6) is 0 Å². The van der Waals surface area contributed by atoms with Gasteiger partial charge in [0.15, 0.2) is 0 Å². The summed E-state index contributed by atoms with van der Waals surface area (Å²) in [7, 11) is 1.53. The van der Waals surface area contributed by atoms with E-state index in [4.69, 9.17) is 0 Å². The van der Waals surface area contributed by atoms with Crippen LogP contribution in [-0.2, 0) is 4.79 Å². The van der Waals surface area contributed by atoms with E-state index in [1.54, 1.807) is 0 Å². The van der Waals surface area contributed by atoms with Crippen LogP contribution in [-0.4, -0.2) is 23.8 Å². The molecule has 0 N–H and O–H groups in total. The van der Waals surface area contributed by atoms with Gasteiger partial charge in [0.05, 0.1) is 5.41 Å². The van der Waals surface area contributed by atoms with Gasteiger partial charge >= 0.3 is 0 Å². The molecule has 1 amide bonds. The molecule has 1 fully saturated rings. The van der Waals surface area contributed by atoms with Gasteiger partial charge in [-0.25, -0.2) is 0 Å². The van der Waals surface area contributed by atoms with Crippen LogP contribution in [0.1, 0.15) is 20.3 Å². The van der Waals surface area contributed by atoms with Gasteiger partial charge in [-0.2, -0.15) is 0 Å². The summed E-state index contributed by atoms with van der Waals surface area (Å²) in [5.74, 6) is 0.285. The molecule has 1 heterocycles. The lowest BCUT2D eigenvalue weighted by molar-refractivity contribution is -0.129. The van der Waals surface area contributed by atoms with Crippen LogP contribution in [0.25, 0.3) is 0 Å². The van der Waals surface area contributed by atoms with Crippen molar-refractivity contribution < 1.29 is 4.79 Å². The van der Waals surface area contributed by atoms with Crippen LogP contribution in [0, 0.1) is 5.41 Å². The largest absolute Gasteiger partial charge is 0.320 e. The topological polar surface area (TPSA) is 20.3 Å². The number of hydrogen-bond donors (Lipinski definition) is 0. The molecule has 74 valence electrons. The molecule has 0 aliphatic carbocycles. The van der Waals surface area contributed by atoms with Crippen LogP contribution >= 0.6 is 16.7 Å². The lowest BCUT2D eigenvalue weighted by Gasteiger charge is -2.23. The Morgan fingerprint density at radius 2 is 2.31 bits per heavy atom. The Hall–Kier alpha value is 0.0700. The van der Waals surface area contributed by atoms with Crippen LogP contribution in [0.4, 0.5) is 0 Å². The Balaban J connectivity index is 2.75. The molecule has 0 saturated carbocycles. The van der Waals surface area contributed by atoms with E-state index in [0.717, 1.165) is 26.8 Å². The minimum absolute atomic E-state index is 0.271. The second-order valence-electron chi connectivity index (χ2n) is 3.68. The molecule has 4 heteroatoms. The summed E-state index contributed by atoms with van der Waals surface area (Å²) < 4.78 is 1.99. The van der Waals surface area contributed by atoms with Gasteiger partial charge < -0.3 is 4.67 Å². The third-order valence-electron chi connectivity index (χ3n) is 2.74. The number of carbonyl (C=O) groups excluding carboxylic acids is 1. The smallest absolute Gasteiger partial charge is 0.235 e. The van der Waals surface area contributed by atoms with E-state index in [9.17, 15) is 4.79 Å². The summed E-state index contributed by atoms with van der Waals surface area (Å²) in [5, 5.41) is 0. The van der Waals surface area contributed by atoms with Crippen molar-refractivity contribution in [3.63, 3.8) is 0 Å². The van der Waals surface area contributed by atoms with Crippen LogP contribution in [0.15, 0.2) is 12.2 Å². The second-order valence-corrected chi connectivity index (χ2v) is 7.12. The molecule has 1 rings (SSSR count). The summed E-state index contributed by atoms with van der Waals surface area (Å²) in [6.07, 6.45) is 0.943. The summed E-state index contributed by atoms with van der Waals surface area (Å²) in [5.41, 5.74) is 0.733. The molecule has 0 aromatic heterocycles. The number of nitrogens with zero attached hydrogens (tertiary/aromatic N) is 1. The van der Waals surface area contributed by atoms with E-state index >= 15 is 0 Å². The van der Waals surface area contributed by atoms with Crippen molar-refractivity contribution >= 4 is 22.6 Å². The molecule has 0 aromatic rings. The highest BCUT2D eigenvalue weighted by atomic mass is 32.0. The zero-order chi connectivity index (χ0) is 10.1. The Kier molecular flexibility index (Phi) is 3.49. The van der Waals surface area contributed by atoms with E-state index in [1.165, 1.54) is 0 Å². The third-order valence-corrected chi connectivity index (χ3v) is 5.14. The summed E-state index contributed by atoms with van der Waals surface area (Å²) >= 11 is 0. The van der Waals surface area contributed by atoms with Crippen molar-refractivity contribution in [2.45, 2.75) is 20.3 Å². The summed E-state index contributed by atoms with van der Waals surface area (Å²) in [6, 6.07) is 0. The lowest BCUT2D eigenvalue weighted by Crippen LogP contribution is -2.28. The summed E-state index contributed by atoms with van der Waals surface area (Å²) in [6.45, 7) is 10.9. The van der Waals surface area contributed by atoms with Crippen molar-refractivity contribution in [3.05, 3.63) is 12.2 Å². The average molecular weight is 217 g/mol. The molecule has 1 aliphatic heterocycles. The lowest BCUT2D eigenvalue weighted by atomic mass is 9.82. The second kappa shape index (κ2) is 4.07. The van der Waals surface area contributed by atoms with Crippen molar-refractivity contribution in [2.24, 2.45) is 5.41 Å². The summed E-state index contributed by atoms with van der Waals surface area (Å²) in [4.78, 5) is 11.9. The quantitative estimate of drug-likeness (QED) is 0.525. The fourth-order valence-corrected chi connectivity index (χ4v) is 3.77. The maximum absolute atomic E-state index is 11.9. The Morgan fingerprint density at radius 3 is 2.69 bits per heavy atom. The fourth-order valence-electron chi connectivity index (χ4n) is 1.48. The van der Waals surface area contributed by atoms with Crippen molar-refractivity contribution in [2.75, 3.05) is 13.2 Å². The van der Waals surface area contributed by atoms with E-state index in [-0.39, 0.29) is 11.3 Å². The maximum Gasteiger partial charge on any atom is 0.235 e. The molecule has 3 atom stereocenters. The maximum atomic E-state index is 11.9. The highest BCUT2D eigenvalue weighted by Gasteiger charge is 2.42. The standard InChI is InChI=1S/C9H17NOP2/c1-7(2)9(3)5-6-10(8(9)11)13-12-4/h12-13H,1,5-6H2,2-4H3. The van der Waals surface area contributed by atoms with Gasteiger partial charge in [0.1, 0.15) is 0 Å². The normalized spacial score (nSPS) is 30.1. The molecular weight excluding hydrogens is 200 g/mol. The first-order valence-corrected chi connectivity index (χ1v) is 7.87. The predicted octanol–water partition coefficient (Wildman–Crippen LogP) is 2.62. The minimum atomic E-state index is -0.271. The van der Waals surface area contributed by atoms with Gasteiger partial charge in [-0.3, -0.25) is 4.79 Å². The molecule has 0 bridgehead atoms. The fraction of sp³-hybridized carbons (Fsp3) is 0.667. The van der Waals surface area contributed by atoms with E-state index in [1.807, 2.05) is 18.5 Å². The third kappa shape index (κ3) is 1.95. The van der Waals surface area contributed by atoms with Gasteiger partial charge in [0, 0.05) is 15.0 Å². The monoisotopic (exact) mass is 217 g/mol. The molecule has 0 radical (unpaired) electrons. The molecule has 0 spiro atoms. The van der Waals surface area contributed by atoms with Crippen LogP contribution in [0.3, 0.4) is 0 Å². The molecule has 1 saturated heterocycles. The molecule has 13 heavy (non-hydrogen) atoms. The van der Waals surface area contributed by atoms with Crippen LogP contribution in [0.2, 0.25) is 0 Å². The first kappa shape index (κ1) is 11.1. The molecule has 3 unspecified atom stereocenters. The molecule has 0 aromatic carbocycles. The Bertz CT molecular complexity index is 242. The molecular formula is C9H17NOP2. The van der Waals surface area contributed by atoms with E-state index in [0.29, 0.717) is 8.42 Å². The van der Waals surface area contributed by atoms with Crippen LogP contribution < -0.4 is 0 Å². The predicted molar refractivity (Wildman–Crippen MR) is 61.8 cm³/mol. The van der Waals surface area contributed by atoms with Crippen molar-refractivity contribution in [3.8, 4) is 0 Å². The van der Waals surface area contributed by atoms with E-state index < -0.39 is 0 Å². The van der Waals surface area contributed by atoms with Gasteiger partial charge in [-0.15, -0.1) is 0 Å². The van der Waals surface area contributed by atoms with Crippen molar-refractivity contribution in [1.82, 2.24) is 4.67 Å². The van der Waals surface area contributed by atoms with Gasteiger partial charge in [-0.1, -0.05) is 20.4 Å². The zero-order valence-corrected chi connectivity index (χ0v) is 10.5. The highest BCUT2D eigenvalue weighted by Crippen LogP contribution is 2.47. The van der Waals surface area contributed by atoms with Gasteiger partial charge in [0.25, 0.3) is 0 Å². The minimum Gasteiger partial charge on any atom is -0.320 e.